The van der Waals surface area contributed by atoms with Gasteiger partial charge in [0, 0.05) is 32.7 Å². The number of amides is 1. The first-order valence-electron chi connectivity index (χ1n) is 7.77. The second-order valence-corrected chi connectivity index (χ2v) is 5.55. The fourth-order valence-electron chi connectivity index (χ4n) is 2.63. The van der Waals surface area contributed by atoms with Gasteiger partial charge in [-0.2, -0.15) is 0 Å². The fraction of sp³-hybridized carbons (Fsp3) is 0.222. The van der Waals surface area contributed by atoms with Crippen molar-refractivity contribution in [2.24, 2.45) is 0 Å². The van der Waals surface area contributed by atoms with Gasteiger partial charge in [0.25, 0.3) is 11.5 Å². The molecular weight excluding hydrogens is 320 g/mol. The minimum atomic E-state index is -0.427. The number of pyridine rings is 2. The minimum Gasteiger partial charge on any atom is -0.382 e. The van der Waals surface area contributed by atoms with Crippen molar-refractivity contribution in [3.05, 3.63) is 76.6 Å². The normalized spacial score (nSPS) is 12.1. The lowest BCUT2D eigenvalue weighted by Crippen LogP contribution is -2.37. The number of aromatic nitrogens is 3. The Morgan fingerprint density at radius 2 is 2.04 bits per heavy atom. The third-order valence-corrected chi connectivity index (χ3v) is 3.99. The SMILES string of the molecule is COC[C@H](c1ccccn1)N(C)C(=O)c1cnc2ccccn2c1=O. The maximum Gasteiger partial charge on any atom is 0.270 e. The van der Waals surface area contributed by atoms with E-state index in [1.54, 1.807) is 50.8 Å². The first kappa shape index (κ1) is 16.8. The Bertz CT molecular complexity index is 940. The van der Waals surface area contributed by atoms with E-state index < -0.39 is 17.5 Å². The lowest BCUT2D eigenvalue weighted by atomic mass is 10.1. The molecule has 0 fully saturated rings. The molecular formula is C18H18N4O3. The molecule has 0 aromatic carbocycles. The number of fused-ring (bicyclic) bond motifs is 1. The topological polar surface area (TPSA) is 76.8 Å². The minimum absolute atomic E-state index is 0.00299. The zero-order valence-electron chi connectivity index (χ0n) is 14.0. The summed E-state index contributed by atoms with van der Waals surface area (Å²) in [4.78, 5) is 35.5. The van der Waals surface area contributed by atoms with Gasteiger partial charge in [-0.25, -0.2) is 4.98 Å². The largest absolute Gasteiger partial charge is 0.382 e. The number of methoxy groups -OCH3 is 1. The van der Waals surface area contributed by atoms with Gasteiger partial charge in [0.2, 0.25) is 0 Å². The van der Waals surface area contributed by atoms with Gasteiger partial charge < -0.3 is 9.64 Å². The number of nitrogens with zero attached hydrogens (tertiary/aromatic N) is 4. The maximum atomic E-state index is 12.9. The standard InChI is InChI=1S/C18H18N4O3/c1-21(15(12-25-2)14-7-3-5-9-19-14)17(23)13-11-20-16-8-4-6-10-22(16)18(13)24/h3-11,15H,12H2,1-2H3/t15-/m1/s1. The van der Waals surface area contributed by atoms with E-state index in [4.69, 9.17) is 4.74 Å². The average molecular weight is 338 g/mol. The average Bonchev–Trinajstić information content (AvgIpc) is 2.66. The monoisotopic (exact) mass is 338 g/mol. The van der Waals surface area contributed by atoms with Crippen LogP contribution < -0.4 is 5.56 Å². The molecule has 0 radical (unpaired) electrons. The maximum absolute atomic E-state index is 12.9. The van der Waals surface area contributed by atoms with Crippen LogP contribution in [-0.4, -0.2) is 45.9 Å². The molecule has 0 spiro atoms. The molecule has 0 N–H and O–H groups in total. The van der Waals surface area contributed by atoms with E-state index in [-0.39, 0.29) is 12.2 Å². The molecule has 3 heterocycles. The zero-order chi connectivity index (χ0) is 17.8. The summed E-state index contributed by atoms with van der Waals surface area (Å²) in [5, 5.41) is 0. The van der Waals surface area contributed by atoms with Crippen LogP contribution >= 0.6 is 0 Å². The van der Waals surface area contributed by atoms with Gasteiger partial charge in [-0.05, 0) is 24.3 Å². The first-order valence-corrected chi connectivity index (χ1v) is 7.77. The predicted octanol–water partition coefficient (Wildman–Crippen LogP) is 1.55. The van der Waals surface area contributed by atoms with Gasteiger partial charge in [-0.15, -0.1) is 0 Å². The Labute approximate surface area is 144 Å². The summed E-state index contributed by atoms with van der Waals surface area (Å²) in [6, 6.07) is 10.3. The first-order chi connectivity index (χ1) is 12.1. The molecule has 0 saturated carbocycles. The Morgan fingerprint density at radius 3 is 2.76 bits per heavy atom. The number of hydrogen-bond acceptors (Lipinski definition) is 5. The van der Waals surface area contributed by atoms with E-state index in [1.165, 1.54) is 15.5 Å². The Morgan fingerprint density at radius 1 is 1.24 bits per heavy atom. The molecule has 7 heteroatoms. The number of hydrogen-bond donors (Lipinski definition) is 0. The number of rotatable bonds is 5. The number of carbonyl (C=O) groups excluding carboxylic acids is 1. The van der Waals surface area contributed by atoms with Crippen LogP contribution in [0.1, 0.15) is 22.1 Å². The number of carbonyl (C=O) groups is 1. The van der Waals surface area contributed by atoms with Crippen molar-refractivity contribution in [3.8, 4) is 0 Å². The van der Waals surface area contributed by atoms with Crippen molar-refractivity contribution >= 4 is 11.6 Å². The van der Waals surface area contributed by atoms with Gasteiger partial charge in [0.15, 0.2) is 0 Å². The van der Waals surface area contributed by atoms with E-state index >= 15 is 0 Å². The Hall–Kier alpha value is -3.06. The van der Waals surface area contributed by atoms with Crippen LogP contribution in [0.4, 0.5) is 0 Å². The summed E-state index contributed by atoms with van der Waals surface area (Å²) in [6.45, 7) is 0.265. The van der Waals surface area contributed by atoms with Crippen molar-refractivity contribution < 1.29 is 9.53 Å². The molecule has 128 valence electrons. The molecule has 25 heavy (non-hydrogen) atoms. The van der Waals surface area contributed by atoms with E-state index in [0.717, 1.165) is 0 Å². The van der Waals surface area contributed by atoms with Crippen LogP contribution in [0.25, 0.3) is 5.65 Å². The van der Waals surface area contributed by atoms with Gasteiger partial charge in [-0.3, -0.25) is 19.0 Å². The molecule has 3 aromatic rings. The van der Waals surface area contributed by atoms with E-state index in [0.29, 0.717) is 11.3 Å². The van der Waals surface area contributed by atoms with E-state index in [2.05, 4.69) is 9.97 Å². The summed E-state index contributed by atoms with van der Waals surface area (Å²) >= 11 is 0. The lowest BCUT2D eigenvalue weighted by molar-refractivity contribution is 0.0593. The van der Waals surface area contributed by atoms with Crippen LogP contribution in [0.3, 0.4) is 0 Å². The van der Waals surface area contributed by atoms with E-state index in [9.17, 15) is 9.59 Å². The smallest absolute Gasteiger partial charge is 0.270 e. The molecule has 0 aliphatic carbocycles. The van der Waals surface area contributed by atoms with Crippen LogP contribution in [-0.2, 0) is 4.74 Å². The molecule has 3 aromatic heterocycles. The molecule has 1 atom stereocenters. The quantitative estimate of drug-likeness (QED) is 0.705. The van der Waals surface area contributed by atoms with Crippen LogP contribution in [0.5, 0.6) is 0 Å². The molecule has 0 bridgehead atoms. The highest BCUT2D eigenvalue weighted by atomic mass is 16.5. The molecule has 0 saturated heterocycles. The highest BCUT2D eigenvalue weighted by molar-refractivity contribution is 5.93. The second kappa shape index (κ2) is 7.23. The number of likely N-dealkylation sites (N-methyl/N-ethyl adjacent to an activating group) is 1. The molecule has 1 amide bonds. The highest BCUT2D eigenvalue weighted by Gasteiger charge is 2.26. The van der Waals surface area contributed by atoms with Crippen LogP contribution in [0.15, 0.2) is 59.8 Å². The lowest BCUT2D eigenvalue weighted by Gasteiger charge is -2.27. The van der Waals surface area contributed by atoms with Crippen LogP contribution in [0, 0.1) is 0 Å². The van der Waals surface area contributed by atoms with Gasteiger partial charge in [0.1, 0.15) is 11.2 Å². The summed E-state index contributed by atoms with van der Waals surface area (Å²) in [7, 11) is 3.18. The third kappa shape index (κ3) is 3.27. The predicted molar refractivity (Wildman–Crippen MR) is 92.4 cm³/mol. The van der Waals surface area contributed by atoms with Crippen molar-refractivity contribution in [1.29, 1.82) is 0 Å². The zero-order valence-corrected chi connectivity index (χ0v) is 14.0. The summed E-state index contributed by atoms with van der Waals surface area (Å²) in [6.07, 6.45) is 4.56. The molecule has 3 rings (SSSR count). The molecule has 7 nitrogen and oxygen atoms in total. The van der Waals surface area contributed by atoms with E-state index in [1.807, 2.05) is 12.1 Å². The Kier molecular flexibility index (Phi) is 4.85. The molecule has 0 aliphatic rings. The van der Waals surface area contributed by atoms with Crippen molar-refractivity contribution in [3.63, 3.8) is 0 Å². The number of ether oxygens (including phenoxy) is 1. The van der Waals surface area contributed by atoms with Gasteiger partial charge >= 0.3 is 0 Å². The summed E-state index contributed by atoms with van der Waals surface area (Å²) in [5.41, 5.74) is 0.779. The highest BCUT2D eigenvalue weighted by Crippen LogP contribution is 2.19. The van der Waals surface area contributed by atoms with Crippen molar-refractivity contribution in [2.45, 2.75) is 6.04 Å². The van der Waals surface area contributed by atoms with Gasteiger partial charge in [-0.1, -0.05) is 12.1 Å². The second-order valence-electron chi connectivity index (χ2n) is 5.55. The molecule has 0 unspecified atom stereocenters. The fourth-order valence-corrected chi connectivity index (χ4v) is 2.63. The van der Waals surface area contributed by atoms with Gasteiger partial charge in [0.05, 0.1) is 18.3 Å². The summed E-state index contributed by atoms with van der Waals surface area (Å²) in [5.74, 6) is -0.427. The third-order valence-electron chi connectivity index (χ3n) is 3.99. The van der Waals surface area contributed by atoms with Crippen LogP contribution in [0.2, 0.25) is 0 Å². The molecule has 0 aliphatic heterocycles. The Balaban J connectivity index is 1.99. The van der Waals surface area contributed by atoms with Crippen molar-refractivity contribution in [1.82, 2.24) is 19.3 Å². The van der Waals surface area contributed by atoms with Crippen molar-refractivity contribution in [2.75, 3.05) is 20.8 Å². The summed E-state index contributed by atoms with van der Waals surface area (Å²) < 4.78 is 6.59.